The van der Waals surface area contributed by atoms with E-state index < -0.39 is 17.9 Å². The van der Waals surface area contributed by atoms with Crippen molar-refractivity contribution in [3.05, 3.63) is 23.5 Å². The molecule has 0 amide bonds. The van der Waals surface area contributed by atoms with Gasteiger partial charge in [-0.3, -0.25) is 0 Å². The Morgan fingerprint density at radius 2 is 1.86 bits per heavy atom. The summed E-state index contributed by atoms with van der Waals surface area (Å²) < 4.78 is 36.0. The molecule has 0 radical (unpaired) electrons. The van der Waals surface area contributed by atoms with E-state index in [2.05, 4.69) is 10.2 Å². The summed E-state index contributed by atoms with van der Waals surface area (Å²) in [5.41, 5.74) is 4.73. The number of hydrogen-bond donors (Lipinski definition) is 1. The Morgan fingerprint density at radius 3 is 2.14 bits per heavy atom. The molecule has 1 aromatic rings. The molecule has 0 saturated heterocycles. The molecule has 0 spiro atoms. The maximum absolute atomic E-state index is 12.0. The van der Waals surface area contributed by atoms with E-state index in [9.17, 15) is 13.2 Å². The Bertz CT molecular complexity index is 283. The van der Waals surface area contributed by atoms with Gasteiger partial charge in [0.05, 0.1) is 5.69 Å². The molecule has 0 fully saturated rings. The quantitative estimate of drug-likeness (QED) is 0.798. The predicted molar refractivity (Wildman–Crippen MR) is 46.9 cm³/mol. The number of alkyl halides is 3. The van der Waals surface area contributed by atoms with Crippen molar-refractivity contribution in [2.45, 2.75) is 19.1 Å². The standard InChI is InChI=1S/C7H8F3N3.ClH/c1-4(11)5-2-3-6(13-12-5)7(8,9)10;/h2-4H,11H2,1H3;1H/t4-;/m1./s1. The van der Waals surface area contributed by atoms with Crippen LogP contribution in [-0.4, -0.2) is 10.2 Å². The molecule has 0 saturated carbocycles. The summed E-state index contributed by atoms with van der Waals surface area (Å²) in [7, 11) is 0. The fraction of sp³-hybridized carbons (Fsp3) is 0.429. The second kappa shape index (κ2) is 4.56. The van der Waals surface area contributed by atoms with E-state index in [0.717, 1.165) is 6.07 Å². The zero-order chi connectivity index (χ0) is 10.1. The summed E-state index contributed by atoms with van der Waals surface area (Å²) >= 11 is 0. The summed E-state index contributed by atoms with van der Waals surface area (Å²) in [6.45, 7) is 1.62. The van der Waals surface area contributed by atoms with Gasteiger partial charge in [0.25, 0.3) is 0 Å². The smallest absolute Gasteiger partial charge is 0.323 e. The van der Waals surface area contributed by atoms with Crippen LogP contribution in [0.2, 0.25) is 0 Å². The van der Waals surface area contributed by atoms with E-state index >= 15 is 0 Å². The Labute approximate surface area is 84.9 Å². The molecule has 14 heavy (non-hydrogen) atoms. The van der Waals surface area contributed by atoms with Crippen molar-refractivity contribution < 1.29 is 13.2 Å². The monoisotopic (exact) mass is 227 g/mol. The van der Waals surface area contributed by atoms with E-state index in [1.54, 1.807) is 6.92 Å². The summed E-state index contributed by atoms with van der Waals surface area (Å²) in [6.07, 6.45) is -4.44. The number of nitrogens with zero attached hydrogens (tertiary/aromatic N) is 2. The average molecular weight is 228 g/mol. The van der Waals surface area contributed by atoms with Crippen LogP contribution in [0.15, 0.2) is 12.1 Å². The lowest BCUT2D eigenvalue weighted by molar-refractivity contribution is -0.141. The van der Waals surface area contributed by atoms with Crippen LogP contribution in [0.4, 0.5) is 13.2 Å². The molecule has 0 aliphatic carbocycles. The first-order valence-corrected chi connectivity index (χ1v) is 3.57. The summed E-state index contributed by atoms with van der Waals surface area (Å²) in [6, 6.07) is 1.68. The van der Waals surface area contributed by atoms with Gasteiger partial charge in [-0.15, -0.1) is 17.5 Å². The van der Waals surface area contributed by atoms with Gasteiger partial charge in [-0.1, -0.05) is 0 Å². The van der Waals surface area contributed by atoms with Crippen LogP contribution in [0.3, 0.4) is 0 Å². The third kappa shape index (κ3) is 3.12. The highest BCUT2D eigenvalue weighted by Crippen LogP contribution is 2.26. The average Bonchev–Trinajstić information content (AvgIpc) is 2.03. The minimum atomic E-state index is -4.44. The minimum absolute atomic E-state index is 0. The first-order valence-electron chi connectivity index (χ1n) is 3.57. The molecular formula is C7H9ClF3N3. The molecular weight excluding hydrogens is 219 g/mol. The Balaban J connectivity index is 0.00000169. The molecule has 1 atom stereocenters. The highest BCUT2D eigenvalue weighted by molar-refractivity contribution is 5.85. The van der Waals surface area contributed by atoms with Gasteiger partial charge in [-0.05, 0) is 19.1 Å². The molecule has 1 heterocycles. The topological polar surface area (TPSA) is 51.8 Å². The molecule has 0 aliphatic heterocycles. The van der Waals surface area contributed by atoms with Gasteiger partial charge in [0.2, 0.25) is 0 Å². The number of hydrogen-bond acceptors (Lipinski definition) is 3. The lowest BCUT2D eigenvalue weighted by Crippen LogP contribution is -2.13. The fourth-order valence-electron chi connectivity index (χ4n) is 0.737. The van der Waals surface area contributed by atoms with Crippen molar-refractivity contribution in [2.24, 2.45) is 5.73 Å². The molecule has 3 nitrogen and oxygen atoms in total. The lowest BCUT2D eigenvalue weighted by atomic mass is 10.2. The van der Waals surface area contributed by atoms with Gasteiger partial charge >= 0.3 is 6.18 Å². The third-order valence-corrected chi connectivity index (χ3v) is 1.44. The molecule has 0 unspecified atom stereocenters. The summed E-state index contributed by atoms with van der Waals surface area (Å²) in [4.78, 5) is 0. The first-order chi connectivity index (χ1) is 5.91. The number of aromatic nitrogens is 2. The van der Waals surface area contributed by atoms with Gasteiger partial charge in [0.1, 0.15) is 0 Å². The number of nitrogens with two attached hydrogens (primary N) is 1. The Kier molecular flexibility index (Phi) is 4.28. The molecule has 1 aromatic heterocycles. The largest absolute Gasteiger partial charge is 0.435 e. The van der Waals surface area contributed by atoms with E-state index in [-0.39, 0.29) is 12.4 Å². The number of rotatable bonds is 1. The van der Waals surface area contributed by atoms with Crippen molar-refractivity contribution in [3.8, 4) is 0 Å². The van der Waals surface area contributed by atoms with Gasteiger partial charge in [0.15, 0.2) is 5.69 Å². The van der Waals surface area contributed by atoms with Gasteiger partial charge < -0.3 is 5.73 Å². The SMILES string of the molecule is C[C@@H](N)c1ccc(C(F)(F)F)nn1.Cl. The van der Waals surface area contributed by atoms with Crippen LogP contribution in [0, 0.1) is 0 Å². The second-order valence-corrected chi connectivity index (χ2v) is 2.63. The highest BCUT2D eigenvalue weighted by Gasteiger charge is 2.32. The molecule has 0 bridgehead atoms. The highest BCUT2D eigenvalue weighted by atomic mass is 35.5. The van der Waals surface area contributed by atoms with E-state index in [1.165, 1.54) is 6.07 Å². The predicted octanol–water partition coefficient (Wildman–Crippen LogP) is 1.94. The Morgan fingerprint density at radius 1 is 1.29 bits per heavy atom. The number of halogens is 4. The Hall–Kier alpha value is -0.880. The van der Waals surface area contributed by atoms with Gasteiger partial charge in [-0.2, -0.15) is 18.3 Å². The molecule has 0 aliphatic rings. The first kappa shape index (κ1) is 13.1. The van der Waals surface area contributed by atoms with E-state index in [4.69, 9.17) is 5.73 Å². The molecule has 1 rings (SSSR count). The molecule has 0 aromatic carbocycles. The van der Waals surface area contributed by atoms with E-state index in [0.29, 0.717) is 5.69 Å². The zero-order valence-electron chi connectivity index (χ0n) is 7.25. The normalized spacial score (nSPS) is 13.2. The maximum atomic E-state index is 12.0. The minimum Gasteiger partial charge on any atom is -0.323 e. The van der Waals surface area contributed by atoms with Crippen LogP contribution >= 0.6 is 12.4 Å². The van der Waals surface area contributed by atoms with Crippen LogP contribution in [-0.2, 0) is 6.18 Å². The fourth-order valence-corrected chi connectivity index (χ4v) is 0.737. The van der Waals surface area contributed by atoms with Gasteiger partial charge in [-0.25, -0.2) is 0 Å². The lowest BCUT2D eigenvalue weighted by Gasteiger charge is -2.06. The van der Waals surface area contributed by atoms with Crippen LogP contribution in [0.1, 0.15) is 24.4 Å². The van der Waals surface area contributed by atoms with Gasteiger partial charge in [0, 0.05) is 6.04 Å². The van der Waals surface area contributed by atoms with Crippen molar-refractivity contribution in [1.29, 1.82) is 0 Å². The van der Waals surface area contributed by atoms with Crippen LogP contribution in [0.5, 0.6) is 0 Å². The van der Waals surface area contributed by atoms with Crippen molar-refractivity contribution in [2.75, 3.05) is 0 Å². The molecule has 7 heteroatoms. The van der Waals surface area contributed by atoms with Crippen molar-refractivity contribution >= 4 is 12.4 Å². The maximum Gasteiger partial charge on any atom is 0.435 e. The van der Waals surface area contributed by atoms with Crippen molar-refractivity contribution in [3.63, 3.8) is 0 Å². The van der Waals surface area contributed by atoms with Crippen LogP contribution < -0.4 is 5.73 Å². The second-order valence-electron chi connectivity index (χ2n) is 2.63. The summed E-state index contributed by atoms with van der Waals surface area (Å²) in [5.74, 6) is 0. The zero-order valence-corrected chi connectivity index (χ0v) is 8.06. The third-order valence-electron chi connectivity index (χ3n) is 1.44. The summed E-state index contributed by atoms with van der Waals surface area (Å²) in [5, 5.41) is 6.37. The van der Waals surface area contributed by atoms with Crippen molar-refractivity contribution in [1.82, 2.24) is 10.2 Å². The van der Waals surface area contributed by atoms with Crippen LogP contribution in [0.25, 0.3) is 0 Å². The van der Waals surface area contributed by atoms with E-state index in [1.807, 2.05) is 0 Å². The molecule has 80 valence electrons. The molecule has 2 N–H and O–H groups in total.